The number of rotatable bonds is 7. The van der Waals surface area contributed by atoms with Crippen LogP contribution >= 0.6 is 0 Å². The van der Waals surface area contributed by atoms with Crippen LogP contribution in [0.4, 0.5) is 5.82 Å². The van der Waals surface area contributed by atoms with E-state index in [1.54, 1.807) is 13.0 Å². The van der Waals surface area contributed by atoms with E-state index < -0.39 is 5.97 Å². The van der Waals surface area contributed by atoms with Crippen LogP contribution in [0, 0.1) is 6.92 Å². The second kappa shape index (κ2) is 6.64. The van der Waals surface area contributed by atoms with Crippen molar-refractivity contribution in [3.05, 3.63) is 24.0 Å². The number of aryl methyl sites for hydroxylation is 2. The van der Waals surface area contributed by atoms with Crippen molar-refractivity contribution in [2.24, 2.45) is 0 Å². The highest BCUT2D eigenvalue weighted by atomic mass is 16.5. The summed E-state index contributed by atoms with van der Waals surface area (Å²) in [5.74, 6) is 0.206. The van der Waals surface area contributed by atoms with E-state index in [0.717, 1.165) is 0 Å². The Morgan fingerprint density at radius 2 is 2.29 bits per heavy atom. The zero-order chi connectivity index (χ0) is 15.2. The molecule has 0 atom stereocenters. The molecule has 0 fully saturated rings. The number of carboxylic acids is 1. The number of hydrogen-bond acceptors (Lipinski definition) is 6. The Kier molecular flexibility index (Phi) is 4.64. The molecule has 0 spiro atoms. The number of carbonyl (C=O) groups excluding carboxylic acids is 1. The minimum atomic E-state index is -0.995. The number of nitrogens with one attached hydrogen (secondary N) is 1. The van der Waals surface area contributed by atoms with Crippen LogP contribution in [0.5, 0.6) is 0 Å². The van der Waals surface area contributed by atoms with Crippen molar-refractivity contribution in [1.82, 2.24) is 19.9 Å². The third-order valence-electron chi connectivity index (χ3n) is 2.57. The first-order chi connectivity index (χ1) is 10.0. The van der Waals surface area contributed by atoms with Gasteiger partial charge in [0, 0.05) is 25.1 Å². The van der Waals surface area contributed by atoms with Crippen LogP contribution in [-0.4, -0.2) is 36.9 Å². The Balaban J connectivity index is 1.74. The van der Waals surface area contributed by atoms with Gasteiger partial charge in [0.1, 0.15) is 6.54 Å². The average Bonchev–Trinajstić information content (AvgIpc) is 2.98. The summed E-state index contributed by atoms with van der Waals surface area (Å²) in [6.45, 7) is 1.49. The van der Waals surface area contributed by atoms with Gasteiger partial charge in [0.15, 0.2) is 11.6 Å². The van der Waals surface area contributed by atoms with Gasteiger partial charge in [-0.25, -0.2) is 0 Å². The van der Waals surface area contributed by atoms with Crippen LogP contribution in [0.1, 0.15) is 24.6 Å². The maximum Gasteiger partial charge on any atom is 0.325 e. The molecule has 0 aliphatic rings. The molecule has 9 heteroatoms. The maximum absolute atomic E-state index is 11.7. The van der Waals surface area contributed by atoms with E-state index in [4.69, 9.17) is 9.63 Å². The minimum absolute atomic E-state index is 0.202. The molecule has 0 aliphatic carbocycles. The summed E-state index contributed by atoms with van der Waals surface area (Å²) in [5, 5.41) is 18.8. The third kappa shape index (κ3) is 4.71. The van der Waals surface area contributed by atoms with Gasteiger partial charge in [-0.05, 0) is 13.3 Å². The number of anilines is 1. The van der Waals surface area contributed by atoms with Crippen molar-refractivity contribution >= 4 is 17.7 Å². The molecule has 1 amide bonds. The predicted octanol–water partition coefficient (Wildman–Crippen LogP) is 0.621. The van der Waals surface area contributed by atoms with Crippen LogP contribution in [0.15, 0.2) is 16.8 Å². The first-order valence-electron chi connectivity index (χ1n) is 6.37. The molecule has 0 bridgehead atoms. The number of hydrogen-bond donors (Lipinski definition) is 2. The molecule has 9 nitrogen and oxygen atoms in total. The van der Waals surface area contributed by atoms with Crippen molar-refractivity contribution in [2.45, 2.75) is 32.7 Å². The molecule has 2 heterocycles. The molecule has 21 heavy (non-hydrogen) atoms. The number of amides is 1. The van der Waals surface area contributed by atoms with Gasteiger partial charge in [0.05, 0.1) is 0 Å². The van der Waals surface area contributed by atoms with Crippen LogP contribution in [-0.2, 0) is 22.6 Å². The molecular formula is C12H15N5O4. The molecule has 0 radical (unpaired) electrons. The van der Waals surface area contributed by atoms with Gasteiger partial charge in [0.2, 0.25) is 11.8 Å². The van der Waals surface area contributed by atoms with E-state index in [2.05, 4.69) is 20.6 Å². The van der Waals surface area contributed by atoms with Crippen LogP contribution < -0.4 is 5.32 Å². The zero-order valence-corrected chi connectivity index (χ0v) is 11.4. The molecule has 2 aromatic heterocycles. The van der Waals surface area contributed by atoms with Crippen molar-refractivity contribution < 1.29 is 19.2 Å². The summed E-state index contributed by atoms with van der Waals surface area (Å²) in [7, 11) is 0. The lowest BCUT2D eigenvalue weighted by Crippen LogP contribution is -2.13. The van der Waals surface area contributed by atoms with Crippen molar-refractivity contribution in [2.75, 3.05) is 5.32 Å². The Labute approximate surface area is 120 Å². The fourth-order valence-corrected chi connectivity index (χ4v) is 1.70. The molecule has 2 aromatic rings. The van der Waals surface area contributed by atoms with Gasteiger partial charge in [-0.3, -0.25) is 14.3 Å². The highest BCUT2D eigenvalue weighted by molar-refractivity contribution is 5.89. The molecule has 0 unspecified atom stereocenters. The smallest absolute Gasteiger partial charge is 0.325 e. The third-order valence-corrected chi connectivity index (χ3v) is 2.57. The van der Waals surface area contributed by atoms with E-state index in [-0.39, 0.29) is 18.9 Å². The second-order valence-corrected chi connectivity index (χ2v) is 4.43. The Morgan fingerprint density at radius 1 is 1.48 bits per heavy atom. The minimum Gasteiger partial charge on any atom is -0.480 e. The SMILES string of the molecule is Cc1noc(CCCC(=O)Nc2ccn(CC(=O)O)n2)n1. The van der Waals surface area contributed by atoms with Gasteiger partial charge in [0.25, 0.3) is 0 Å². The standard InChI is InChI=1S/C12H15N5O4/c1-8-13-11(21-16-8)4-2-3-10(18)14-9-5-6-17(15-9)7-12(19)20/h5-6H,2-4,7H2,1H3,(H,19,20)(H,14,15,18). The highest BCUT2D eigenvalue weighted by Crippen LogP contribution is 2.06. The molecule has 0 aliphatic heterocycles. The number of aromatic nitrogens is 4. The van der Waals surface area contributed by atoms with E-state index in [1.165, 1.54) is 10.9 Å². The molecule has 0 saturated heterocycles. The van der Waals surface area contributed by atoms with Crippen molar-refractivity contribution in [3.63, 3.8) is 0 Å². The lowest BCUT2D eigenvalue weighted by molar-refractivity contribution is -0.137. The zero-order valence-electron chi connectivity index (χ0n) is 11.4. The summed E-state index contributed by atoms with van der Waals surface area (Å²) in [4.78, 5) is 26.2. The quantitative estimate of drug-likeness (QED) is 0.766. The number of carbonyl (C=O) groups is 2. The van der Waals surface area contributed by atoms with Crippen LogP contribution in [0.2, 0.25) is 0 Å². The predicted molar refractivity (Wildman–Crippen MR) is 70.5 cm³/mol. The molecule has 0 saturated carbocycles. The van der Waals surface area contributed by atoms with E-state index in [1.807, 2.05) is 0 Å². The van der Waals surface area contributed by atoms with Crippen LogP contribution in [0.3, 0.4) is 0 Å². The summed E-state index contributed by atoms with van der Waals surface area (Å²) in [6.07, 6.45) is 2.88. The van der Waals surface area contributed by atoms with Gasteiger partial charge < -0.3 is 14.9 Å². The number of carboxylic acid groups (broad SMARTS) is 1. The molecular weight excluding hydrogens is 278 g/mol. The Morgan fingerprint density at radius 3 is 2.95 bits per heavy atom. The van der Waals surface area contributed by atoms with Crippen molar-refractivity contribution in [1.29, 1.82) is 0 Å². The Hall–Kier alpha value is -2.71. The Bertz CT molecular complexity index is 633. The topological polar surface area (TPSA) is 123 Å². The first kappa shape index (κ1) is 14.7. The normalized spacial score (nSPS) is 10.5. The van der Waals surface area contributed by atoms with Gasteiger partial charge in [-0.15, -0.1) is 0 Å². The number of nitrogens with zero attached hydrogens (tertiary/aromatic N) is 4. The van der Waals surface area contributed by atoms with Gasteiger partial charge >= 0.3 is 5.97 Å². The van der Waals surface area contributed by atoms with E-state index >= 15 is 0 Å². The van der Waals surface area contributed by atoms with Gasteiger partial charge in [-0.1, -0.05) is 5.16 Å². The second-order valence-electron chi connectivity index (χ2n) is 4.43. The molecule has 2 N–H and O–H groups in total. The molecule has 112 valence electrons. The average molecular weight is 293 g/mol. The van der Waals surface area contributed by atoms with Crippen molar-refractivity contribution in [3.8, 4) is 0 Å². The van der Waals surface area contributed by atoms with Gasteiger partial charge in [-0.2, -0.15) is 10.1 Å². The lowest BCUT2D eigenvalue weighted by atomic mass is 10.2. The first-order valence-corrected chi connectivity index (χ1v) is 6.37. The monoisotopic (exact) mass is 293 g/mol. The lowest BCUT2D eigenvalue weighted by Gasteiger charge is -2.00. The maximum atomic E-state index is 11.7. The largest absolute Gasteiger partial charge is 0.480 e. The summed E-state index contributed by atoms with van der Waals surface area (Å²) >= 11 is 0. The number of aliphatic carboxylic acids is 1. The molecule has 0 aromatic carbocycles. The fraction of sp³-hybridized carbons (Fsp3) is 0.417. The summed E-state index contributed by atoms with van der Waals surface area (Å²) in [6, 6.07) is 1.54. The summed E-state index contributed by atoms with van der Waals surface area (Å²) in [5.41, 5.74) is 0. The van der Waals surface area contributed by atoms with E-state index in [9.17, 15) is 9.59 Å². The fourth-order valence-electron chi connectivity index (χ4n) is 1.70. The molecule has 2 rings (SSSR count). The highest BCUT2D eigenvalue weighted by Gasteiger charge is 2.08. The van der Waals surface area contributed by atoms with Crippen LogP contribution in [0.25, 0.3) is 0 Å². The summed E-state index contributed by atoms with van der Waals surface area (Å²) < 4.78 is 6.18. The van der Waals surface area contributed by atoms with E-state index in [0.29, 0.717) is 30.4 Å².